The Bertz CT molecular complexity index is 298. The molecule has 1 heterocycles. The fourth-order valence-corrected chi connectivity index (χ4v) is 1.00. The van der Waals surface area contributed by atoms with Crippen LogP contribution in [0.5, 0.6) is 11.8 Å². The molecule has 0 fully saturated rings. The Kier molecular flexibility index (Phi) is 4.42. The number of methoxy groups -OCH3 is 2. The van der Waals surface area contributed by atoms with Crippen molar-refractivity contribution >= 4 is 17.5 Å². The first-order chi connectivity index (χ1) is 7.15. The first kappa shape index (κ1) is 11.8. The van der Waals surface area contributed by atoms with Gasteiger partial charge in [-0.1, -0.05) is 0 Å². The fourth-order valence-electron chi connectivity index (χ4n) is 0.924. The average Bonchev–Trinajstić information content (AvgIpc) is 2.25. The highest BCUT2D eigenvalue weighted by molar-refractivity contribution is 6.20. The minimum atomic E-state index is 0.00537. The molecule has 1 atom stereocenters. The van der Waals surface area contributed by atoms with E-state index < -0.39 is 0 Å². The van der Waals surface area contributed by atoms with Gasteiger partial charge in [0, 0.05) is 11.9 Å². The summed E-state index contributed by atoms with van der Waals surface area (Å²) < 4.78 is 10.0. The third-order valence-electron chi connectivity index (χ3n) is 1.64. The van der Waals surface area contributed by atoms with Crippen molar-refractivity contribution in [3.8, 4) is 11.8 Å². The van der Waals surface area contributed by atoms with E-state index >= 15 is 0 Å². The number of nitrogens with zero attached hydrogens (tertiary/aromatic N) is 2. The zero-order valence-corrected chi connectivity index (χ0v) is 9.71. The van der Waals surface area contributed by atoms with Crippen molar-refractivity contribution in [1.82, 2.24) is 9.97 Å². The lowest BCUT2D eigenvalue weighted by molar-refractivity contribution is 0.373. The second kappa shape index (κ2) is 5.60. The van der Waals surface area contributed by atoms with Gasteiger partial charge in [0.25, 0.3) is 0 Å². The van der Waals surface area contributed by atoms with Crippen LogP contribution in [0, 0.1) is 0 Å². The monoisotopic (exact) mass is 231 g/mol. The number of hydrogen-bond donors (Lipinski definition) is 1. The summed E-state index contributed by atoms with van der Waals surface area (Å²) in [6.07, 6.45) is 0. The van der Waals surface area contributed by atoms with Crippen LogP contribution in [-0.4, -0.2) is 36.1 Å². The molecule has 0 aliphatic heterocycles. The quantitative estimate of drug-likeness (QED) is 0.779. The number of hydrogen-bond acceptors (Lipinski definition) is 5. The van der Waals surface area contributed by atoms with Gasteiger partial charge in [0.15, 0.2) is 0 Å². The molecular formula is C9H14ClN3O2. The molecule has 0 spiro atoms. The van der Waals surface area contributed by atoms with Crippen LogP contribution in [-0.2, 0) is 0 Å². The standard InChI is InChI=1S/C9H14ClN3O2/c1-6(10)5-11-9-12-7(14-2)4-8(13-9)15-3/h4,6H,5H2,1-3H3,(H,11,12,13). The molecule has 0 aliphatic carbocycles. The van der Waals surface area contributed by atoms with Crippen molar-refractivity contribution < 1.29 is 9.47 Å². The SMILES string of the molecule is COc1cc(OC)nc(NCC(C)Cl)n1. The molecule has 15 heavy (non-hydrogen) atoms. The molecule has 0 saturated carbocycles. The molecule has 6 heteroatoms. The largest absolute Gasteiger partial charge is 0.481 e. The van der Waals surface area contributed by atoms with Gasteiger partial charge < -0.3 is 14.8 Å². The van der Waals surface area contributed by atoms with Gasteiger partial charge >= 0.3 is 0 Å². The predicted octanol–water partition coefficient (Wildman–Crippen LogP) is 1.53. The Balaban J connectivity index is 2.77. The maximum absolute atomic E-state index is 5.79. The third kappa shape index (κ3) is 3.79. The van der Waals surface area contributed by atoms with Crippen LogP contribution in [0.4, 0.5) is 5.95 Å². The molecule has 0 bridgehead atoms. The smallest absolute Gasteiger partial charge is 0.229 e. The van der Waals surface area contributed by atoms with Gasteiger partial charge in [0.2, 0.25) is 17.7 Å². The highest BCUT2D eigenvalue weighted by Gasteiger charge is 2.05. The van der Waals surface area contributed by atoms with Crippen LogP contribution >= 0.6 is 11.6 Å². The average molecular weight is 232 g/mol. The molecule has 1 aromatic rings. The summed E-state index contributed by atoms with van der Waals surface area (Å²) in [5.41, 5.74) is 0. The normalized spacial score (nSPS) is 12.0. The minimum Gasteiger partial charge on any atom is -0.481 e. The molecule has 0 radical (unpaired) electrons. The molecule has 1 unspecified atom stereocenters. The molecule has 1 N–H and O–H groups in total. The van der Waals surface area contributed by atoms with E-state index in [0.717, 1.165) is 0 Å². The second-order valence-electron chi connectivity index (χ2n) is 2.94. The van der Waals surface area contributed by atoms with Crippen molar-refractivity contribution in [2.45, 2.75) is 12.3 Å². The molecule has 5 nitrogen and oxygen atoms in total. The van der Waals surface area contributed by atoms with Crippen LogP contribution < -0.4 is 14.8 Å². The maximum atomic E-state index is 5.79. The van der Waals surface area contributed by atoms with E-state index in [-0.39, 0.29) is 5.38 Å². The summed E-state index contributed by atoms with van der Waals surface area (Å²) >= 11 is 5.79. The van der Waals surface area contributed by atoms with Crippen molar-refractivity contribution in [3.05, 3.63) is 6.07 Å². The van der Waals surface area contributed by atoms with Gasteiger partial charge in [-0.2, -0.15) is 9.97 Å². The van der Waals surface area contributed by atoms with Crippen LogP contribution in [0.1, 0.15) is 6.92 Å². The lowest BCUT2D eigenvalue weighted by atomic mass is 10.5. The van der Waals surface area contributed by atoms with Crippen LogP contribution in [0.15, 0.2) is 6.07 Å². The van der Waals surface area contributed by atoms with E-state index in [1.807, 2.05) is 6.92 Å². The Morgan fingerprint density at radius 3 is 2.27 bits per heavy atom. The first-order valence-electron chi connectivity index (χ1n) is 4.50. The van der Waals surface area contributed by atoms with Crippen molar-refractivity contribution in [2.24, 2.45) is 0 Å². The number of nitrogens with one attached hydrogen (secondary N) is 1. The molecule has 0 aromatic carbocycles. The van der Waals surface area contributed by atoms with E-state index in [9.17, 15) is 0 Å². The molecule has 84 valence electrons. The van der Waals surface area contributed by atoms with E-state index in [4.69, 9.17) is 21.1 Å². The Labute approximate surface area is 93.8 Å². The van der Waals surface area contributed by atoms with E-state index in [2.05, 4.69) is 15.3 Å². The Hall–Kier alpha value is -1.23. The van der Waals surface area contributed by atoms with Crippen LogP contribution in [0.2, 0.25) is 0 Å². The third-order valence-corrected chi connectivity index (χ3v) is 1.79. The lowest BCUT2D eigenvalue weighted by Gasteiger charge is -2.08. The van der Waals surface area contributed by atoms with Gasteiger partial charge in [-0.25, -0.2) is 0 Å². The number of rotatable bonds is 5. The zero-order chi connectivity index (χ0) is 11.3. The molecular weight excluding hydrogens is 218 g/mol. The summed E-state index contributed by atoms with van der Waals surface area (Å²) in [7, 11) is 3.07. The van der Waals surface area contributed by atoms with E-state index in [0.29, 0.717) is 24.3 Å². The van der Waals surface area contributed by atoms with Gasteiger partial charge in [0.1, 0.15) is 0 Å². The number of aromatic nitrogens is 2. The van der Waals surface area contributed by atoms with Crippen molar-refractivity contribution in [2.75, 3.05) is 26.1 Å². The Morgan fingerprint density at radius 2 is 1.87 bits per heavy atom. The van der Waals surface area contributed by atoms with E-state index in [1.54, 1.807) is 6.07 Å². The maximum Gasteiger partial charge on any atom is 0.229 e. The first-order valence-corrected chi connectivity index (χ1v) is 4.94. The number of alkyl halides is 1. The molecule has 1 aromatic heterocycles. The highest BCUT2D eigenvalue weighted by Crippen LogP contribution is 2.17. The summed E-state index contributed by atoms with van der Waals surface area (Å²) in [5, 5.41) is 2.98. The number of ether oxygens (including phenoxy) is 2. The summed E-state index contributed by atoms with van der Waals surface area (Å²) in [5.74, 6) is 1.34. The fraction of sp³-hybridized carbons (Fsp3) is 0.556. The number of halogens is 1. The lowest BCUT2D eigenvalue weighted by Crippen LogP contribution is -2.13. The Morgan fingerprint density at radius 1 is 1.33 bits per heavy atom. The predicted molar refractivity (Wildman–Crippen MR) is 58.9 cm³/mol. The molecule has 0 amide bonds. The van der Waals surface area contributed by atoms with Gasteiger partial charge in [-0.3, -0.25) is 0 Å². The molecule has 0 aliphatic rings. The topological polar surface area (TPSA) is 56.3 Å². The zero-order valence-electron chi connectivity index (χ0n) is 8.95. The van der Waals surface area contributed by atoms with Gasteiger partial charge in [0.05, 0.1) is 20.3 Å². The number of anilines is 1. The summed E-state index contributed by atoms with van der Waals surface area (Å²) in [6.45, 7) is 2.46. The van der Waals surface area contributed by atoms with Crippen LogP contribution in [0.25, 0.3) is 0 Å². The van der Waals surface area contributed by atoms with E-state index in [1.165, 1.54) is 14.2 Å². The highest BCUT2D eigenvalue weighted by atomic mass is 35.5. The molecule has 1 rings (SSSR count). The van der Waals surface area contributed by atoms with Crippen molar-refractivity contribution in [3.63, 3.8) is 0 Å². The second-order valence-corrected chi connectivity index (χ2v) is 3.68. The van der Waals surface area contributed by atoms with Crippen molar-refractivity contribution in [1.29, 1.82) is 0 Å². The summed E-state index contributed by atoms with van der Waals surface area (Å²) in [6, 6.07) is 1.61. The summed E-state index contributed by atoms with van der Waals surface area (Å²) in [4.78, 5) is 8.18. The van der Waals surface area contributed by atoms with Gasteiger partial charge in [-0.15, -0.1) is 11.6 Å². The van der Waals surface area contributed by atoms with Crippen LogP contribution in [0.3, 0.4) is 0 Å². The minimum absolute atomic E-state index is 0.00537. The molecule has 0 saturated heterocycles. The van der Waals surface area contributed by atoms with Gasteiger partial charge in [-0.05, 0) is 6.92 Å².